The SMILES string of the molecule is CCCCCCCCn1c2cc(/C=C/C3=C(C#N)C(=C(C#N)C#N)OC3(c3ccccc3)C(F)(F)F)sc2c2sc(-c3ccc(N(C)CCCO[Si](c4ccccc4)(c4ccccc4)C(C)(C)C)cc3)cc21. The van der Waals surface area contributed by atoms with E-state index < -0.39 is 42.6 Å². The molecule has 7 nitrogen and oxygen atoms in total. The minimum absolute atomic E-state index is 0.0926. The lowest BCUT2D eigenvalue weighted by molar-refractivity contribution is -0.249. The molecule has 0 N–H and O–H groups in total. The molecule has 0 radical (unpaired) electrons. The number of hydrogen-bond donors (Lipinski definition) is 0. The van der Waals surface area contributed by atoms with Gasteiger partial charge in [0.25, 0.3) is 13.9 Å². The van der Waals surface area contributed by atoms with E-state index >= 15 is 13.2 Å². The van der Waals surface area contributed by atoms with E-state index in [9.17, 15) is 15.8 Å². The van der Waals surface area contributed by atoms with Crippen LogP contribution in [-0.2, 0) is 21.3 Å². The fourth-order valence-electron chi connectivity index (χ4n) is 10.0. The molecule has 4 heterocycles. The number of aromatic nitrogens is 1. The predicted octanol–water partition coefficient (Wildman–Crippen LogP) is 15.0. The molecule has 1 aliphatic rings. The molecule has 368 valence electrons. The molecule has 72 heavy (non-hydrogen) atoms. The van der Waals surface area contributed by atoms with Gasteiger partial charge in [0.15, 0.2) is 11.3 Å². The lowest BCUT2D eigenvalue weighted by Crippen LogP contribution is -2.66. The first kappa shape index (κ1) is 51.7. The van der Waals surface area contributed by atoms with Gasteiger partial charge in [0.05, 0.1) is 20.4 Å². The Kier molecular flexibility index (Phi) is 15.8. The molecular weight excluding hydrogens is 960 g/mol. The number of unbranched alkanes of at least 4 members (excludes halogenated alkanes) is 5. The second-order valence-corrected chi connectivity index (χ2v) is 25.7. The molecule has 8 rings (SSSR count). The summed E-state index contributed by atoms with van der Waals surface area (Å²) in [5.74, 6) is -0.686. The van der Waals surface area contributed by atoms with E-state index in [1.54, 1.807) is 35.6 Å². The molecule has 0 amide bonds. The third-order valence-electron chi connectivity index (χ3n) is 13.6. The van der Waals surface area contributed by atoms with E-state index in [0.717, 1.165) is 75.3 Å². The summed E-state index contributed by atoms with van der Waals surface area (Å²) in [6.07, 6.45) is 5.42. The van der Waals surface area contributed by atoms with Gasteiger partial charge in [0, 0.05) is 53.3 Å². The number of hydrogen-bond acceptors (Lipinski definition) is 8. The fraction of sp³-hybridized carbons (Fsp3) is 0.305. The van der Waals surface area contributed by atoms with Crippen LogP contribution < -0.4 is 15.3 Å². The Balaban J connectivity index is 1.07. The maximum Gasteiger partial charge on any atom is 0.437 e. The first-order valence-corrected chi connectivity index (χ1v) is 28.1. The quantitative estimate of drug-likeness (QED) is 0.0455. The number of ether oxygens (including phenoxy) is 1. The first-order chi connectivity index (χ1) is 34.7. The van der Waals surface area contributed by atoms with Crippen LogP contribution in [0.1, 0.15) is 83.1 Å². The van der Waals surface area contributed by atoms with Crippen molar-refractivity contribution in [1.29, 1.82) is 15.8 Å². The molecule has 3 aromatic heterocycles. The smallest absolute Gasteiger partial charge is 0.437 e. The number of aryl methyl sites for hydroxylation is 1. The molecule has 4 aromatic carbocycles. The number of halogens is 3. The van der Waals surface area contributed by atoms with Crippen LogP contribution in [0.2, 0.25) is 5.04 Å². The summed E-state index contributed by atoms with van der Waals surface area (Å²) in [6.45, 7) is 11.3. The van der Waals surface area contributed by atoms with E-state index in [-0.39, 0.29) is 10.6 Å². The second-order valence-electron chi connectivity index (χ2n) is 19.2. The van der Waals surface area contributed by atoms with E-state index in [4.69, 9.17) is 9.16 Å². The highest BCUT2D eigenvalue weighted by atomic mass is 32.1. The summed E-state index contributed by atoms with van der Waals surface area (Å²) in [5.41, 5.74) is -0.798. The Morgan fingerprint density at radius 1 is 0.750 bits per heavy atom. The minimum Gasteiger partial charge on any atom is -0.465 e. The van der Waals surface area contributed by atoms with Crippen molar-refractivity contribution in [2.45, 2.75) is 96.0 Å². The summed E-state index contributed by atoms with van der Waals surface area (Å²) in [6, 6.07) is 46.5. The second kappa shape index (κ2) is 22.0. The van der Waals surface area contributed by atoms with Gasteiger partial charge >= 0.3 is 6.18 Å². The van der Waals surface area contributed by atoms with Gasteiger partial charge < -0.3 is 18.6 Å². The van der Waals surface area contributed by atoms with Gasteiger partial charge in [-0.2, -0.15) is 29.0 Å². The van der Waals surface area contributed by atoms with Gasteiger partial charge in [0.2, 0.25) is 0 Å². The zero-order valence-corrected chi connectivity index (χ0v) is 44.0. The fourth-order valence-corrected chi connectivity index (χ4v) is 17.0. The molecule has 13 heteroatoms. The van der Waals surface area contributed by atoms with Crippen LogP contribution in [-0.4, -0.2) is 39.3 Å². The Morgan fingerprint density at radius 3 is 1.92 bits per heavy atom. The number of nitriles is 3. The number of thiophene rings is 2. The largest absolute Gasteiger partial charge is 0.465 e. The molecule has 0 saturated heterocycles. The van der Waals surface area contributed by atoms with E-state index in [2.05, 4.69) is 135 Å². The molecule has 0 bridgehead atoms. The van der Waals surface area contributed by atoms with Crippen molar-refractivity contribution in [3.05, 3.63) is 166 Å². The van der Waals surface area contributed by atoms with E-state index in [1.165, 1.54) is 71.3 Å². The summed E-state index contributed by atoms with van der Waals surface area (Å²) in [7, 11) is -0.510. The highest BCUT2D eigenvalue weighted by Crippen LogP contribution is 2.56. The Morgan fingerprint density at radius 2 is 1.33 bits per heavy atom. The van der Waals surface area contributed by atoms with E-state index in [0.29, 0.717) is 11.5 Å². The van der Waals surface area contributed by atoms with Crippen LogP contribution in [0.15, 0.2) is 156 Å². The number of anilines is 1. The summed E-state index contributed by atoms with van der Waals surface area (Å²) >= 11 is 3.18. The third-order valence-corrected chi connectivity index (χ3v) is 21.1. The maximum atomic E-state index is 15.5. The highest BCUT2D eigenvalue weighted by molar-refractivity contribution is 7.29. The predicted molar refractivity (Wildman–Crippen MR) is 291 cm³/mol. The van der Waals surface area contributed by atoms with Crippen molar-refractivity contribution in [1.82, 2.24) is 4.57 Å². The molecule has 1 aliphatic heterocycles. The lowest BCUT2D eigenvalue weighted by atomic mass is 9.84. The molecular formula is C59H58F3N5O2S2Si. The number of allylic oxidation sites excluding steroid dienone is 2. The number of benzene rings is 4. The average molecular weight is 1020 g/mol. The van der Waals surface area contributed by atoms with Gasteiger partial charge in [-0.05, 0) is 64.2 Å². The Bertz CT molecular complexity index is 3180. The number of nitrogens with zero attached hydrogens (tertiary/aromatic N) is 5. The zero-order chi connectivity index (χ0) is 51.1. The average Bonchev–Trinajstić information content (AvgIpc) is 4.15. The van der Waals surface area contributed by atoms with E-state index in [1.807, 2.05) is 12.1 Å². The first-order valence-electron chi connectivity index (χ1n) is 24.5. The molecule has 0 fully saturated rings. The summed E-state index contributed by atoms with van der Waals surface area (Å²) < 4.78 is 63.9. The number of fused-ring (bicyclic) bond motifs is 3. The molecule has 1 unspecified atom stereocenters. The standard InChI is InChI=1S/C59H58F3N5O2S2Si/c1-6-7-8-9-10-20-35-67-51-37-46(32-33-50-49(41-65)54(43(39-63)40-64)69-58(50,59(60,61)62)44-22-14-11-15-23-44)70-55(51)56-52(67)38-53(71-56)42-28-30-45(31-29-42)66(5)34-21-36-68-72(57(2,3)4,47-24-16-12-17-25-47)48-26-18-13-19-27-48/h11-19,22-33,37-38H,6-10,20-21,34-36H2,1-5H3/b33-32+. The molecule has 0 saturated carbocycles. The molecule has 0 aliphatic carbocycles. The van der Waals surface area contributed by atoms with Crippen LogP contribution in [0.3, 0.4) is 0 Å². The van der Waals surface area contributed by atoms with Gasteiger partial charge in [-0.15, -0.1) is 22.7 Å². The third kappa shape index (κ3) is 9.94. The topological polar surface area (TPSA) is 98.0 Å². The van der Waals surface area contributed by atoms with Crippen LogP contribution in [0.25, 0.3) is 36.9 Å². The molecule has 7 aromatic rings. The van der Waals surface area contributed by atoms with Crippen molar-refractivity contribution >= 4 is 73.6 Å². The van der Waals surface area contributed by atoms with Crippen molar-refractivity contribution < 1.29 is 22.3 Å². The van der Waals surface area contributed by atoms with Crippen LogP contribution >= 0.6 is 22.7 Å². The molecule has 0 spiro atoms. The van der Waals surface area contributed by atoms with Crippen LogP contribution in [0.4, 0.5) is 18.9 Å². The summed E-state index contributed by atoms with van der Waals surface area (Å²) in [5, 5.41) is 32.2. The van der Waals surface area contributed by atoms with Gasteiger partial charge in [-0.3, -0.25) is 0 Å². The Hall–Kier alpha value is -6.66. The van der Waals surface area contributed by atoms with Gasteiger partial charge in [0.1, 0.15) is 23.8 Å². The lowest BCUT2D eigenvalue weighted by Gasteiger charge is -2.43. The van der Waals surface area contributed by atoms with Crippen molar-refractivity contribution in [2.75, 3.05) is 25.1 Å². The van der Waals surface area contributed by atoms with Crippen LogP contribution in [0.5, 0.6) is 0 Å². The maximum absolute atomic E-state index is 15.5. The summed E-state index contributed by atoms with van der Waals surface area (Å²) in [4.78, 5) is 4.08. The highest BCUT2D eigenvalue weighted by Gasteiger charge is 2.65. The van der Waals surface area contributed by atoms with Gasteiger partial charge in [-0.1, -0.05) is 169 Å². The zero-order valence-electron chi connectivity index (χ0n) is 41.4. The van der Waals surface area contributed by atoms with Gasteiger partial charge in [-0.25, -0.2) is 0 Å². The van der Waals surface area contributed by atoms with Crippen molar-refractivity contribution in [3.63, 3.8) is 0 Å². The molecule has 1 atom stereocenters. The number of rotatable bonds is 19. The normalized spacial score (nSPS) is 15.3. The van der Waals surface area contributed by atoms with Crippen molar-refractivity contribution in [3.8, 4) is 28.6 Å². The Labute approximate surface area is 430 Å². The minimum atomic E-state index is -5.07. The number of alkyl halides is 3. The monoisotopic (exact) mass is 1020 g/mol. The van der Waals surface area contributed by atoms with Crippen molar-refractivity contribution in [2.24, 2.45) is 0 Å². The van der Waals surface area contributed by atoms with Crippen LogP contribution in [0, 0.1) is 34.0 Å².